The Kier molecular flexibility index (Phi) is 6.16. The van der Waals surface area contributed by atoms with Gasteiger partial charge in [0.2, 0.25) is 0 Å². The first-order valence-corrected chi connectivity index (χ1v) is 9.45. The summed E-state index contributed by atoms with van der Waals surface area (Å²) in [6.45, 7) is 8.78. The largest absolute Gasteiger partial charge is 0.513 e. The summed E-state index contributed by atoms with van der Waals surface area (Å²) in [5, 5.41) is 13.3. The number of aliphatic hydroxyl groups is 1. The van der Waals surface area contributed by atoms with Crippen molar-refractivity contribution in [1.29, 1.82) is 0 Å². The molecule has 7 heteroatoms. The number of nitrogens with one attached hydrogen (secondary N) is 2. The van der Waals surface area contributed by atoms with Gasteiger partial charge in [-0.15, -0.1) is 0 Å². The van der Waals surface area contributed by atoms with Crippen LogP contribution in [0.3, 0.4) is 0 Å². The van der Waals surface area contributed by atoms with Gasteiger partial charge < -0.3 is 20.3 Å². The summed E-state index contributed by atoms with van der Waals surface area (Å²) in [4.78, 5) is 30.4. The molecule has 7 nitrogen and oxygen atoms in total. The maximum Gasteiger partial charge on any atom is 0.267 e. The number of H-pyrrole nitrogens is 1. The predicted octanol–water partition coefficient (Wildman–Crippen LogP) is 2.64. The molecule has 3 heterocycles. The summed E-state index contributed by atoms with van der Waals surface area (Å²) in [6.07, 6.45) is 7.07. The lowest BCUT2D eigenvalue weighted by atomic mass is 10.2. The van der Waals surface area contributed by atoms with E-state index in [1.807, 2.05) is 0 Å². The van der Waals surface area contributed by atoms with Gasteiger partial charge in [-0.1, -0.05) is 12.7 Å². The maximum absolute atomic E-state index is 12.5. The van der Waals surface area contributed by atoms with Crippen molar-refractivity contribution in [2.24, 2.45) is 0 Å². The first-order valence-electron chi connectivity index (χ1n) is 9.45. The van der Waals surface area contributed by atoms with Crippen LogP contribution in [0.25, 0.3) is 16.7 Å². The predicted molar refractivity (Wildman–Crippen MR) is 111 cm³/mol. The van der Waals surface area contributed by atoms with Crippen molar-refractivity contribution in [3.8, 4) is 0 Å². The van der Waals surface area contributed by atoms with E-state index in [0.717, 1.165) is 25.0 Å². The molecule has 1 amide bonds. The van der Waals surface area contributed by atoms with Crippen LogP contribution in [0.2, 0.25) is 0 Å². The Hall–Kier alpha value is -3.06. The minimum atomic E-state index is -0.277. The molecule has 0 bridgehead atoms. The lowest BCUT2D eigenvalue weighted by Gasteiger charge is -2.14. The lowest BCUT2D eigenvalue weighted by molar-refractivity contribution is 0.0945. The maximum atomic E-state index is 12.5. The molecule has 1 aliphatic heterocycles. The van der Waals surface area contributed by atoms with E-state index in [1.165, 1.54) is 42.6 Å². The van der Waals surface area contributed by atoms with Gasteiger partial charge >= 0.3 is 0 Å². The quantitative estimate of drug-likeness (QED) is 0.507. The molecule has 28 heavy (non-hydrogen) atoms. The van der Waals surface area contributed by atoms with Crippen molar-refractivity contribution >= 4 is 22.6 Å². The van der Waals surface area contributed by atoms with Crippen LogP contribution in [0.15, 0.2) is 53.6 Å². The second-order valence-electron chi connectivity index (χ2n) is 6.91. The number of nitrogens with zero attached hydrogens (tertiary/aromatic N) is 2. The van der Waals surface area contributed by atoms with E-state index in [4.69, 9.17) is 0 Å². The Labute approximate surface area is 163 Å². The molecule has 2 aromatic heterocycles. The number of fused-ring (bicyclic) bond motifs is 1. The number of aliphatic hydroxyl groups excluding tert-OH is 1. The number of hydrogen-bond donors (Lipinski definition) is 3. The summed E-state index contributed by atoms with van der Waals surface area (Å²) in [6, 6.07) is 4.83. The Morgan fingerprint density at radius 1 is 1.36 bits per heavy atom. The first-order chi connectivity index (χ1) is 13.5. The first kappa shape index (κ1) is 19.7. The van der Waals surface area contributed by atoms with Crippen molar-refractivity contribution in [3.63, 3.8) is 0 Å². The normalized spacial score (nSPS) is 15.9. The summed E-state index contributed by atoms with van der Waals surface area (Å²) >= 11 is 0. The number of likely N-dealkylation sites (tertiary alicyclic amines) is 1. The third-order valence-electron chi connectivity index (χ3n) is 4.74. The van der Waals surface area contributed by atoms with E-state index >= 15 is 0 Å². The van der Waals surface area contributed by atoms with Crippen LogP contribution in [-0.2, 0) is 0 Å². The molecule has 0 radical (unpaired) electrons. The second kappa shape index (κ2) is 8.75. The lowest BCUT2D eigenvalue weighted by Crippen LogP contribution is -2.33. The molecule has 0 atom stereocenters. The zero-order chi connectivity index (χ0) is 20.1. The molecule has 3 N–H and O–H groups in total. The number of carbonyl (C=O) groups is 1. The van der Waals surface area contributed by atoms with E-state index in [1.54, 1.807) is 18.2 Å². The average Bonchev–Trinajstić information content (AvgIpc) is 3.30. The van der Waals surface area contributed by atoms with Gasteiger partial charge in [-0.3, -0.25) is 14.2 Å². The molecule has 0 unspecified atom stereocenters. The van der Waals surface area contributed by atoms with E-state index in [9.17, 15) is 14.7 Å². The number of aromatic amines is 1. The fourth-order valence-electron chi connectivity index (χ4n) is 3.45. The molecule has 0 spiro atoms. The van der Waals surface area contributed by atoms with Crippen LogP contribution in [0, 0.1) is 0 Å². The topological polar surface area (TPSA) is 90.4 Å². The van der Waals surface area contributed by atoms with Crippen molar-refractivity contribution in [2.45, 2.75) is 19.8 Å². The number of rotatable bonds is 7. The van der Waals surface area contributed by atoms with Gasteiger partial charge in [-0.2, -0.15) is 0 Å². The number of allylic oxidation sites excluding steroid dienone is 5. The third kappa shape index (κ3) is 4.43. The van der Waals surface area contributed by atoms with Gasteiger partial charge in [0, 0.05) is 24.5 Å². The third-order valence-corrected chi connectivity index (χ3v) is 4.74. The van der Waals surface area contributed by atoms with Crippen LogP contribution in [0.1, 0.15) is 30.3 Å². The number of aromatic nitrogens is 2. The Morgan fingerprint density at radius 3 is 2.79 bits per heavy atom. The average molecular weight is 382 g/mol. The molecule has 148 valence electrons. The van der Waals surface area contributed by atoms with E-state index in [2.05, 4.69) is 21.8 Å². The van der Waals surface area contributed by atoms with Crippen LogP contribution in [0.5, 0.6) is 0 Å². The Bertz CT molecular complexity index is 987. The summed E-state index contributed by atoms with van der Waals surface area (Å²) < 4.78 is 1.41. The van der Waals surface area contributed by atoms with Gasteiger partial charge in [-0.05, 0) is 57.1 Å². The number of carbonyl (C=O) groups excluding carboxylic acids is 1. The van der Waals surface area contributed by atoms with Gasteiger partial charge in [-0.25, -0.2) is 0 Å². The minimum Gasteiger partial charge on any atom is -0.513 e. The number of hydrogen-bond acceptors (Lipinski definition) is 4. The van der Waals surface area contributed by atoms with Gasteiger partial charge in [0.05, 0.1) is 11.5 Å². The molecular weight excluding hydrogens is 356 g/mol. The monoisotopic (exact) mass is 382 g/mol. The Balaban J connectivity index is 1.87. The van der Waals surface area contributed by atoms with Crippen LogP contribution in [0.4, 0.5) is 0 Å². The zero-order valence-electron chi connectivity index (χ0n) is 16.1. The highest BCUT2D eigenvalue weighted by molar-refractivity contribution is 5.97. The summed E-state index contributed by atoms with van der Waals surface area (Å²) in [7, 11) is 0. The number of pyridine rings is 1. The van der Waals surface area contributed by atoms with Crippen molar-refractivity contribution in [2.75, 3.05) is 26.2 Å². The van der Waals surface area contributed by atoms with Gasteiger partial charge in [0.25, 0.3) is 11.5 Å². The van der Waals surface area contributed by atoms with E-state index < -0.39 is 0 Å². The summed E-state index contributed by atoms with van der Waals surface area (Å²) in [5.74, 6) is -0.152. The smallest absolute Gasteiger partial charge is 0.267 e. The van der Waals surface area contributed by atoms with Crippen LogP contribution < -0.4 is 10.9 Å². The molecule has 0 aliphatic carbocycles. The van der Waals surface area contributed by atoms with Crippen LogP contribution in [-0.4, -0.2) is 51.6 Å². The molecule has 0 aromatic carbocycles. The zero-order valence-corrected chi connectivity index (χ0v) is 16.1. The van der Waals surface area contributed by atoms with Gasteiger partial charge in [0.1, 0.15) is 11.3 Å². The molecule has 1 fully saturated rings. The highest BCUT2D eigenvalue weighted by Crippen LogP contribution is 2.18. The SMILES string of the molecule is C=C/C=C(\C=C(/C)O)n1c(=O)ccc2cc(C(=O)NCCN3CCCC3)[nH]c21. The van der Waals surface area contributed by atoms with Crippen molar-refractivity contribution < 1.29 is 9.90 Å². The van der Waals surface area contributed by atoms with Gasteiger partial charge in [0.15, 0.2) is 0 Å². The molecule has 2 aromatic rings. The minimum absolute atomic E-state index is 0.0587. The highest BCUT2D eigenvalue weighted by atomic mass is 16.3. The van der Waals surface area contributed by atoms with E-state index in [0.29, 0.717) is 23.6 Å². The van der Waals surface area contributed by atoms with E-state index in [-0.39, 0.29) is 17.2 Å². The number of amides is 1. The second-order valence-corrected chi connectivity index (χ2v) is 6.91. The standard InChI is InChI=1S/C21H26N4O3/c1-3-6-17(13-15(2)26)25-19(27)8-7-16-14-18(23-20(16)25)21(28)22-9-12-24-10-4-5-11-24/h3,6-8,13-14,23,26H,1,4-5,9-12H2,2H3,(H,22,28)/b15-13+,17-6+. The van der Waals surface area contributed by atoms with Crippen molar-refractivity contribution in [3.05, 3.63) is 64.8 Å². The highest BCUT2D eigenvalue weighted by Gasteiger charge is 2.15. The molecular formula is C21H26N4O3. The summed E-state index contributed by atoms with van der Waals surface area (Å²) in [5.41, 5.74) is 1.05. The fourth-order valence-corrected chi connectivity index (χ4v) is 3.45. The van der Waals surface area contributed by atoms with Crippen LogP contribution >= 0.6 is 0 Å². The fraction of sp³-hybridized carbons (Fsp3) is 0.333. The van der Waals surface area contributed by atoms with Crippen molar-refractivity contribution in [1.82, 2.24) is 19.8 Å². The molecule has 1 saturated heterocycles. The molecule has 0 saturated carbocycles. The molecule has 1 aliphatic rings. The molecule has 3 rings (SSSR count). The Morgan fingerprint density at radius 2 is 2.11 bits per heavy atom.